The molecule has 0 aliphatic carbocycles. The van der Waals surface area contributed by atoms with Gasteiger partial charge in [0.15, 0.2) is 0 Å². The van der Waals surface area contributed by atoms with Gasteiger partial charge in [-0.1, -0.05) is 23.7 Å². The Balaban J connectivity index is 2.04. The third-order valence-corrected chi connectivity index (χ3v) is 4.17. The fourth-order valence-electron chi connectivity index (χ4n) is 2.45. The fraction of sp³-hybridized carbons (Fsp3) is 0.300. The molecule has 1 amide bonds. The predicted octanol–water partition coefficient (Wildman–Crippen LogP) is 4.11. The van der Waals surface area contributed by atoms with Crippen LogP contribution in [0.15, 0.2) is 36.4 Å². The van der Waals surface area contributed by atoms with Gasteiger partial charge in [-0.2, -0.15) is 0 Å². The van der Waals surface area contributed by atoms with Crippen molar-refractivity contribution < 1.29 is 23.8 Å². The fourth-order valence-corrected chi connectivity index (χ4v) is 2.66. The second kappa shape index (κ2) is 9.83. The van der Waals surface area contributed by atoms with E-state index in [0.717, 1.165) is 11.3 Å². The number of nitrogens with one attached hydrogen (secondary N) is 1. The number of hydrogen-bond donors (Lipinski definition) is 1. The molecule has 6 nitrogen and oxygen atoms in total. The van der Waals surface area contributed by atoms with E-state index in [4.69, 9.17) is 25.8 Å². The molecule has 0 saturated heterocycles. The molecule has 27 heavy (non-hydrogen) atoms. The van der Waals surface area contributed by atoms with Crippen LogP contribution in [-0.2, 0) is 16.0 Å². The van der Waals surface area contributed by atoms with Gasteiger partial charge in [-0.15, -0.1) is 0 Å². The number of methoxy groups -OCH3 is 2. The highest BCUT2D eigenvalue weighted by Crippen LogP contribution is 2.31. The maximum absolute atomic E-state index is 12.3. The van der Waals surface area contributed by atoms with Gasteiger partial charge in [0, 0.05) is 12.5 Å². The summed E-state index contributed by atoms with van der Waals surface area (Å²) < 4.78 is 15.3. The number of rotatable bonds is 8. The van der Waals surface area contributed by atoms with Crippen LogP contribution in [-0.4, -0.2) is 32.7 Å². The molecule has 0 fully saturated rings. The molecule has 0 atom stereocenters. The van der Waals surface area contributed by atoms with Crippen molar-refractivity contribution in [3.8, 4) is 11.5 Å². The number of amides is 1. The van der Waals surface area contributed by atoms with E-state index in [0.29, 0.717) is 12.1 Å². The third-order valence-electron chi connectivity index (χ3n) is 3.86. The number of carbonyl (C=O) groups excluding carboxylic acids is 2. The van der Waals surface area contributed by atoms with Gasteiger partial charge < -0.3 is 19.5 Å². The lowest BCUT2D eigenvalue weighted by molar-refractivity contribution is -0.116. The van der Waals surface area contributed by atoms with E-state index in [-0.39, 0.29) is 35.3 Å². The van der Waals surface area contributed by atoms with Crippen molar-refractivity contribution in [1.82, 2.24) is 0 Å². The molecule has 0 heterocycles. The van der Waals surface area contributed by atoms with Gasteiger partial charge in [0.25, 0.3) is 0 Å². The molecular weight excluding hydrogens is 370 g/mol. The monoisotopic (exact) mass is 391 g/mol. The Morgan fingerprint density at radius 1 is 1.07 bits per heavy atom. The van der Waals surface area contributed by atoms with E-state index in [1.807, 2.05) is 24.3 Å². The largest absolute Gasteiger partial charge is 0.497 e. The molecule has 7 heteroatoms. The van der Waals surface area contributed by atoms with Crippen LogP contribution in [0.2, 0.25) is 5.02 Å². The summed E-state index contributed by atoms with van der Waals surface area (Å²) in [7, 11) is 3.04. The Morgan fingerprint density at radius 3 is 2.37 bits per heavy atom. The van der Waals surface area contributed by atoms with Gasteiger partial charge in [-0.25, -0.2) is 4.79 Å². The maximum Gasteiger partial charge on any atom is 0.341 e. The van der Waals surface area contributed by atoms with E-state index >= 15 is 0 Å². The average molecular weight is 392 g/mol. The molecule has 0 unspecified atom stereocenters. The van der Waals surface area contributed by atoms with E-state index in [1.54, 1.807) is 14.0 Å². The third kappa shape index (κ3) is 5.62. The minimum Gasteiger partial charge on any atom is -0.497 e. The number of esters is 1. The summed E-state index contributed by atoms with van der Waals surface area (Å²) in [6.45, 7) is 1.95. The SMILES string of the molecule is CCOC(=O)c1cc(Cl)c(NC(=O)CCc2ccc(OC)cc2)cc1OC. The molecule has 0 aromatic heterocycles. The van der Waals surface area contributed by atoms with E-state index in [9.17, 15) is 9.59 Å². The molecule has 2 aromatic rings. The van der Waals surface area contributed by atoms with E-state index < -0.39 is 5.97 Å². The normalized spacial score (nSPS) is 10.2. The van der Waals surface area contributed by atoms with Crippen molar-refractivity contribution in [2.45, 2.75) is 19.8 Å². The van der Waals surface area contributed by atoms with Gasteiger partial charge in [-0.3, -0.25) is 4.79 Å². The standard InChI is InChI=1S/C20H22ClNO5/c1-4-27-20(24)15-11-16(21)17(12-18(15)26-3)22-19(23)10-7-13-5-8-14(25-2)9-6-13/h5-6,8-9,11-12H,4,7,10H2,1-3H3,(H,22,23). The summed E-state index contributed by atoms with van der Waals surface area (Å²) in [6, 6.07) is 10.5. The molecule has 0 aliphatic heterocycles. The lowest BCUT2D eigenvalue weighted by Crippen LogP contribution is -2.14. The Labute approximate surface area is 163 Å². The highest BCUT2D eigenvalue weighted by atomic mass is 35.5. The van der Waals surface area contributed by atoms with E-state index in [2.05, 4.69) is 5.32 Å². The molecule has 0 spiro atoms. The van der Waals surface area contributed by atoms with Gasteiger partial charge in [0.1, 0.15) is 17.1 Å². The summed E-state index contributed by atoms with van der Waals surface area (Å²) in [4.78, 5) is 24.2. The van der Waals surface area contributed by atoms with Crippen LogP contribution in [0.5, 0.6) is 11.5 Å². The first-order chi connectivity index (χ1) is 13.0. The van der Waals surface area contributed by atoms with Crippen molar-refractivity contribution in [2.24, 2.45) is 0 Å². The zero-order valence-electron chi connectivity index (χ0n) is 15.5. The van der Waals surface area contributed by atoms with Gasteiger partial charge in [0.05, 0.1) is 31.5 Å². The molecular formula is C20H22ClNO5. The average Bonchev–Trinajstić information content (AvgIpc) is 2.68. The van der Waals surface area contributed by atoms with E-state index in [1.165, 1.54) is 19.2 Å². The van der Waals surface area contributed by atoms with Gasteiger partial charge in [-0.05, 0) is 37.1 Å². The van der Waals surface area contributed by atoms with Crippen molar-refractivity contribution in [3.63, 3.8) is 0 Å². The highest BCUT2D eigenvalue weighted by Gasteiger charge is 2.18. The molecule has 144 valence electrons. The minimum atomic E-state index is -0.534. The molecule has 2 rings (SSSR count). The van der Waals surface area contributed by atoms with Crippen LogP contribution in [0.4, 0.5) is 5.69 Å². The molecule has 1 N–H and O–H groups in total. The van der Waals surface area contributed by atoms with Crippen molar-refractivity contribution in [2.75, 3.05) is 26.1 Å². The number of halogens is 1. The van der Waals surface area contributed by atoms with Crippen molar-refractivity contribution in [3.05, 3.63) is 52.5 Å². The number of anilines is 1. The van der Waals surface area contributed by atoms with Crippen LogP contribution in [0.1, 0.15) is 29.3 Å². The molecule has 0 bridgehead atoms. The van der Waals surface area contributed by atoms with Crippen molar-refractivity contribution in [1.29, 1.82) is 0 Å². The number of ether oxygens (including phenoxy) is 3. The number of carbonyl (C=O) groups is 2. The summed E-state index contributed by atoms with van der Waals surface area (Å²) in [5.74, 6) is 0.319. The minimum absolute atomic E-state index is 0.196. The number of hydrogen-bond acceptors (Lipinski definition) is 5. The summed E-state index contributed by atoms with van der Waals surface area (Å²) in [5, 5.41) is 2.98. The number of aryl methyl sites for hydroxylation is 1. The first-order valence-corrected chi connectivity index (χ1v) is 8.83. The molecule has 2 aromatic carbocycles. The van der Waals surface area contributed by atoms with Crippen LogP contribution >= 0.6 is 11.6 Å². The first-order valence-electron chi connectivity index (χ1n) is 8.46. The Morgan fingerprint density at radius 2 is 1.78 bits per heavy atom. The molecule has 0 saturated carbocycles. The summed E-state index contributed by atoms with van der Waals surface area (Å²) in [6.07, 6.45) is 0.857. The first kappa shape index (κ1) is 20.6. The van der Waals surface area contributed by atoms with Crippen LogP contribution in [0.3, 0.4) is 0 Å². The smallest absolute Gasteiger partial charge is 0.341 e. The van der Waals surface area contributed by atoms with Gasteiger partial charge in [0.2, 0.25) is 5.91 Å². The maximum atomic E-state index is 12.3. The lowest BCUT2D eigenvalue weighted by Gasteiger charge is -2.13. The van der Waals surface area contributed by atoms with Crippen molar-refractivity contribution >= 4 is 29.2 Å². The quantitative estimate of drug-likeness (QED) is 0.685. The Bertz CT molecular complexity index is 805. The lowest BCUT2D eigenvalue weighted by atomic mass is 10.1. The second-order valence-electron chi connectivity index (χ2n) is 5.65. The predicted molar refractivity (Wildman–Crippen MR) is 104 cm³/mol. The topological polar surface area (TPSA) is 73.9 Å². The van der Waals surface area contributed by atoms with Crippen LogP contribution in [0.25, 0.3) is 0 Å². The summed E-state index contributed by atoms with van der Waals surface area (Å²) >= 11 is 6.21. The van der Waals surface area contributed by atoms with Crippen LogP contribution in [0, 0.1) is 0 Å². The number of benzene rings is 2. The van der Waals surface area contributed by atoms with Crippen LogP contribution < -0.4 is 14.8 Å². The summed E-state index contributed by atoms with van der Waals surface area (Å²) in [5.41, 5.74) is 1.61. The Hall–Kier alpha value is -2.73. The molecule has 0 aliphatic rings. The zero-order valence-corrected chi connectivity index (χ0v) is 16.3. The Kier molecular flexibility index (Phi) is 7.49. The second-order valence-corrected chi connectivity index (χ2v) is 6.06. The zero-order chi connectivity index (χ0) is 19.8. The highest BCUT2D eigenvalue weighted by molar-refractivity contribution is 6.34. The van der Waals surface area contributed by atoms with Gasteiger partial charge >= 0.3 is 5.97 Å². The molecule has 0 radical (unpaired) electrons.